The number of pyridine rings is 1. The molecule has 0 spiro atoms. The third-order valence-corrected chi connectivity index (χ3v) is 11.3. The molecule has 58 heavy (non-hydrogen) atoms. The first-order valence-electron chi connectivity index (χ1n) is 19.4. The van der Waals surface area contributed by atoms with Crippen LogP contribution in [0, 0.1) is 0 Å². The van der Waals surface area contributed by atoms with Gasteiger partial charge in [-0.2, -0.15) is 0 Å². The SMILES string of the molecule is c1ccc(-c2nc(-c3ccccc3-n3c4ccccc4c4c(-c5ccc6ccccc6c5)cc5ccccc5c43)nc(-c3nccc4oc5ccccc5c34)n2)cc1. The Morgan fingerprint density at radius 3 is 2.00 bits per heavy atom. The van der Waals surface area contributed by atoms with Crippen LogP contribution in [0.15, 0.2) is 193 Å². The van der Waals surface area contributed by atoms with Gasteiger partial charge in [-0.05, 0) is 69.8 Å². The molecule has 270 valence electrons. The fourth-order valence-electron chi connectivity index (χ4n) is 8.68. The predicted octanol–water partition coefficient (Wildman–Crippen LogP) is 13.2. The maximum atomic E-state index is 6.28. The van der Waals surface area contributed by atoms with Crippen molar-refractivity contribution in [3.05, 3.63) is 188 Å². The highest BCUT2D eigenvalue weighted by Gasteiger charge is 2.24. The summed E-state index contributed by atoms with van der Waals surface area (Å²) in [6.07, 6.45) is 1.76. The van der Waals surface area contributed by atoms with Crippen LogP contribution in [0.4, 0.5) is 0 Å². The second-order valence-corrected chi connectivity index (χ2v) is 14.6. The van der Waals surface area contributed by atoms with Gasteiger partial charge in [-0.15, -0.1) is 0 Å². The quantitative estimate of drug-likeness (QED) is 0.176. The summed E-state index contributed by atoms with van der Waals surface area (Å²) in [6, 6.07) is 63.5. The number of aromatic nitrogens is 5. The van der Waals surface area contributed by atoms with Gasteiger partial charge in [0.05, 0.1) is 22.1 Å². The number of furan rings is 1. The van der Waals surface area contributed by atoms with Crippen LogP contribution in [-0.2, 0) is 0 Å². The lowest BCUT2D eigenvalue weighted by Gasteiger charge is -2.16. The van der Waals surface area contributed by atoms with Gasteiger partial charge < -0.3 is 8.98 Å². The van der Waals surface area contributed by atoms with E-state index in [1.807, 2.05) is 54.6 Å². The van der Waals surface area contributed by atoms with Crippen LogP contribution >= 0.6 is 0 Å². The lowest BCUT2D eigenvalue weighted by atomic mass is 9.94. The molecule has 0 unspecified atom stereocenters. The van der Waals surface area contributed by atoms with Crippen molar-refractivity contribution in [2.75, 3.05) is 0 Å². The molecule has 4 heterocycles. The number of rotatable bonds is 5. The molecule has 0 saturated carbocycles. The van der Waals surface area contributed by atoms with Crippen molar-refractivity contribution in [1.82, 2.24) is 24.5 Å². The van der Waals surface area contributed by atoms with Gasteiger partial charge in [-0.25, -0.2) is 15.0 Å². The minimum atomic E-state index is 0.474. The van der Waals surface area contributed by atoms with E-state index in [9.17, 15) is 0 Å². The van der Waals surface area contributed by atoms with Crippen LogP contribution in [-0.4, -0.2) is 24.5 Å². The molecular formula is C52H31N5O. The summed E-state index contributed by atoms with van der Waals surface area (Å²) in [6.45, 7) is 0. The van der Waals surface area contributed by atoms with E-state index in [-0.39, 0.29) is 0 Å². The fourth-order valence-corrected chi connectivity index (χ4v) is 8.68. The highest BCUT2D eigenvalue weighted by Crippen LogP contribution is 2.44. The summed E-state index contributed by atoms with van der Waals surface area (Å²) in [7, 11) is 0. The van der Waals surface area contributed by atoms with Crippen molar-refractivity contribution >= 4 is 65.3 Å². The second kappa shape index (κ2) is 12.8. The summed E-state index contributed by atoms with van der Waals surface area (Å²) in [5.41, 5.74) is 9.47. The van der Waals surface area contributed by atoms with Gasteiger partial charge in [-0.1, -0.05) is 140 Å². The maximum Gasteiger partial charge on any atom is 0.183 e. The van der Waals surface area contributed by atoms with Crippen LogP contribution in [0.25, 0.3) is 116 Å². The van der Waals surface area contributed by atoms with E-state index in [1.54, 1.807) is 6.20 Å². The molecule has 6 heteroatoms. The number of nitrogens with zero attached hydrogens (tertiary/aromatic N) is 5. The van der Waals surface area contributed by atoms with Gasteiger partial charge in [0.15, 0.2) is 17.5 Å². The zero-order valence-corrected chi connectivity index (χ0v) is 31.0. The summed E-state index contributed by atoms with van der Waals surface area (Å²) >= 11 is 0. The third kappa shape index (κ3) is 4.98. The Morgan fingerprint density at radius 2 is 1.10 bits per heavy atom. The Kier molecular flexibility index (Phi) is 7.13. The molecule has 0 fully saturated rings. The summed E-state index contributed by atoms with van der Waals surface area (Å²) in [5, 5.41) is 8.97. The lowest BCUT2D eigenvalue weighted by Crippen LogP contribution is -2.04. The van der Waals surface area contributed by atoms with E-state index in [1.165, 1.54) is 38.1 Å². The number of hydrogen-bond donors (Lipinski definition) is 0. The van der Waals surface area contributed by atoms with E-state index < -0.39 is 0 Å². The molecule has 6 nitrogen and oxygen atoms in total. The largest absolute Gasteiger partial charge is 0.456 e. The predicted molar refractivity (Wildman–Crippen MR) is 236 cm³/mol. The van der Waals surface area contributed by atoms with Crippen molar-refractivity contribution < 1.29 is 4.42 Å². The number of benzene rings is 8. The first-order valence-corrected chi connectivity index (χ1v) is 19.4. The smallest absolute Gasteiger partial charge is 0.183 e. The average Bonchev–Trinajstić information content (AvgIpc) is 3.85. The van der Waals surface area contributed by atoms with E-state index in [2.05, 4.69) is 132 Å². The number of para-hydroxylation sites is 3. The van der Waals surface area contributed by atoms with Gasteiger partial charge in [-0.3, -0.25) is 4.98 Å². The molecule has 0 amide bonds. The van der Waals surface area contributed by atoms with Crippen molar-refractivity contribution in [2.45, 2.75) is 0 Å². The maximum absolute atomic E-state index is 6.28. The van der Waals surface area contributed by atoms with Gasteiger partial charge in [0.1, 0.15) is 16.9 Å². The average molecular weight is 742 g/mol. The zero-order chi connectivity index (χ0) is 38.2. The molecule has 0 radical (unpaired) electrons. The van der Waals surface area contributed by atoms with Crippen molar-refractivity contribution in [3.8, 4) is 51.1 Å². The van der Waals surface area contributed by atoms with Crippen molar-refractivity contribution in [1.29, 1.82) is 0 Å². The standard InChI is InChI=1S/C52H31N5O/c1-2-15-33(16-3-1)50-54-51(56-52(55-50)48-47-40-22-10-13-25-44(40)58-45(47)28-29-53-48)39-21-9-12-24-43(39)57-42-23-11-8-20-38(42)46-41(31-35-18-6-7-19-37(35)49(46)57)36-27-26-32-14-4-5-17-34(32)30-36/h1-31H. The monoisotopic (exact) mass is 741 g/mol. The van der Waals surface area contributed by atoms with Gasteiger partial charge >= 0.3 is 0 Å². The Morgan fingerprint density at radius 1 is 0.414 bits per heavy atom. The Labute approximate surface area is 332 Å². The zero-order valence-electron chi connectivity index (χ0n) is 31.0. The van der Waals surface area contributed by atoms with E-state index in [4.69, 9.17) is 24.4 Å². The third-order valence-electron chi connectivity index (χ3n) is 11.3. The molecule has 0 bridgehead atoms. The molecule has 12 rings (SSSR count). The molecule has 4 aromatic heterocycles. The van der Waals surface area contributed by atoms with Crippen LogP contribution in [0.5, 0.6) is 0 Å². The van der Waals surface area contributed by atoms with E-state index in [0.29, 0.717) is 23.2 Å². The number of hydrogen-bond acceptors (Lipinski definition) is 5. The normalized spacial score (nSPS) is 11.8. The molecule has 0 atom stereocenters. The molecule has 0 aliphatic heterocycles. The van der Waals surface area contributed by atoms with E-state index in [0.717, 1.165) is 55.2 Å². The van der Waals surface area contributed by atoms with E-state index >= 15 is 0 Å². The van der Waals surface area contributed by atoms with Crippen molar-refractivity contribution in [3.63, 3.8) is 0 Å². The van der Waals surface area contributed by atoms with Crippen molar-refractivity contribution in [2.24, 2.45) is 0 Å². The molecule has 0 aliphatic rings. The topological polar surface area (TPSA) is 69.6 Å². The summed E-state index contributed by atoms with van der Waals surface area (Å²) < 4.78 is 8.68. The fraction of sp³-hybridized carbons (Fsp3) is 0. The first kappa shape index (κ1) is 32.3. The van der Waals surface area contributed by atoms with Crippen LogP contribution < -0.4 is 0 Å². The number of fused-ring (bicyclic) bond motifs is 9. The van der Waals surface area contributed by atoms with Gasteiger partial charge in [0.2, 0.25) is 0 Å². The van der Waals surface area contributed by atoms with Crippen LogP contribution in [0.1, 0.15) is 0 Å². The minimum Gasteiger partial charge on any atom is -0.456 e. The van der Waals surface area contributed by atoms with Crippen LogP contribution in [0.2, 0.25) is 0 Å². The minimum absolute atomic E-state index is 0.474. The highest BCUT2D eigenvalue weighted by atomic mass is 16.3. The molecule has 8 aromatic carbocycles. The molecule has 12 aromatic rings. The summed E-state index contributed by atoms with van der Waals surface area (Å²) in [4.78, 5) is 20.5. The lowest BCUT2D eigenvalue weighted by molar-refractivity contribution is 0.668. The van der Waals surface area contributed by atoms with Crippen LogP contribution in [0.3, 0.4) is 0 Å². The summed E-state index contributed by atoms with van der Waals surface area (Å²) in [5.74, 6) is 1.59. The molecular weight excluding hydrogens is 711 g/mol. The molecule has 0 saturated heterocycles. The Hall–Kier alpha value is -7.96. The first-order chi connectivity index (χ1) is 28.8. The Bertz CT molecular complexity index is 3590. The highest BCUT2D eigenvalue weighted by molar-refractivity contribution is 6.24. The Balaban J connectivity index is 1.16. The van der Waals surface area contributed by atoms with Gasteiger partial charge in [0, 0.05) is 38.9 Å². The molecule has 0 aliphatic carbocycles. The second-order valence-electron chi connectivity index (χ2n) is 14.6. The van der Waals surface area contributed by atoms with Gasteiger partial charge in [0.25, 0.3) is 0 Å². The molecule has 0 N–H and O–H groups in total.